The van der Waals surface area contributed by atoms with Gasteiger partial charge in [0, 0.05) is 25.5 Å². The number of aliphatic carboxylic acids is 1. The number of nitrogens with one attached hydrogen (secondary N) is 1. The van der Waals surface area contributed by atoms with Crippen LogP contribution in [0.15, 0.2) is 24.5 Å². The van der Waals surface area contributed by atoms with Crippen molar-refractivity contribution in [3.8, 4) is 0 Å². The summed E-state index contributed by atoms with van der Waals surface area (Å²) in [7, 11) is 0. The number of carboxylic acids is 1. The van der Waals surface area contributed by atoms with Crippen molar-refractivity contribution in [3.05, 3.63) is 35.8 Å². The van der Waals surface area contributed by atoms with Crippen molar-refractivity contribution in [2.75, 3.05) is 13.1 Å². The Kier molecular flexibility index (Phi) is 4.42. The maximum Gasteiger partial charge on any atom is 0.317 e. The fraction of sp³-hybridized carbons (Fsp3) is 0.471. The topological polar surface area (TPSA) is 86.9 Å². The highest BCUT2D eigenvalue weighted by molar-refractivity contribution is 5.76. The lowest BCUT2D eigenvalue weighted by molar-refractivity contribution is -0.143. The van der Waals surface area contributed by atoms with E-state index >= 15 is 0 Å². The molecular formula is C17H22N4O3. The van der Waals surface area contributed by atoms with Gasteiger partial charge in [0.25, 0.3) is 0 Å². The zero-order valence-corrected chi connectivity index (χ0v) is 13.9. The second-order valence-electron chi connectivity index (χ2n) is 6.64. The molecule has 2 atom stereocenters. The molecule has 0 radical (unpaired) electrons. The maximum absolute atomic E-state index is 12.3. The number of piperidine rings is 1. The Hall–Kier alpha value is -2.57. The van der Waals surface area contributed by atoms with E-state index in [0.717, 1.165) is 16.9 Å². The lowest BCUT2D eigenvalue weighted by Crippen LogP contribution is -2.49. The highest BCUT2D eigenvalue weighted by atomic mass is 16.4. The number of carbonyl (C=O) groups excluding carboxylic acids is 1. The summed E-state index contributed by atoms with van der Waals surface area (Å²) in [5.74, 6) is -1.14. The minimum absolute atomic E-state index is 0.184. The van der Waals surface area contributed by atoms with Crippen molar-refractivity contribution < 1.29 is 14.7 Å². The Morgan fingerprint density at radius 2 is 2.21 bits per heavy atom. The van der Waals surface area contributed by atoms with Crippen molar-refractivity contribution in [1.29, 1.82) is 0 Å². The number of carbonyl (C=O) groups is 2. The molecule has 3 heterocycles. The van der Waals surface area contributed by atoms with Gasteiger partial charge in [0.05, 0.1) is 18.2 Å². The number of urea groups is 1. The zero-order chi connectivity index (χ0) is 17.3. The molecule has 24 heavy (non-hydrogen) atoms. The number of rotatable bonds is 3. The molecule has 1 fully saturated rings. The Labute approximate surface area is 140 Å². The highest BCUT2D eigenvalue weighted by Crippen LogP contribution is 2.21. The van der Waals surface area contributed by atoms with Gasteiger partial charge in [-0.2, -0.15) is 0 Å². The molecule has 1 aliphatic heterocycles. The molecule has 0 aromatic carbocycles. The van der Waals surface area contributed by atoms with E-state index in [-0.39, 0.29) is 18.5 Å². The lowest BCUT2D eigenvalue weighted by Gasteiger charge is -2.34. The fourth-order valence-electron chi connectivity index (χ4n) is 3.20. The highest BCUT2D eigenvalue weighted by Gasteiger charge is 2.31. The van der Waals surface area contributed by atoms with Gasteiger partial charge in [-0.3, -0.25) is 4.79 Å². The monoisotopic (exact) mass is 330 g/mol. The molecule has 3 rings (SSSR count). The van der Waals surface area contributed by atoms with E-state index in [0.29, 0.717) is 19.5 Å². The smallest absolute Gasteiger partial charge is 0.317 e. The average Bonchev–Trinajstić information content (AvgIpc) is 2.93. The van der Waals surface area contributed by atoms with Crippen molar-refractivity contribution in [2.24, 2.45) is 11.8 Å². The van der Waals surface area contributed by atoms with Crippen LogP contribution in [0.5, 0.6) is 0 Å². The number of nitrogens with zero attached hydrogens (tertiary/aromatic N) is 3. The number of likely N-dealkylation sites (tertiary alicyclic amines) is 1. The van der Waals surface area contributed by atoms with E-state index in [1.165, 1.54) is 0 Å². The predicted molar refractivity (Wildman–Crippen MR) is 88.6 cm³/mol. The SMILES string of the molecule is Cc1ccn2cc(CNC(=O)N3CC(C)CC(C(=O)O)C3)nc2c1. The van der Waals surface area contributed by atoms with E-state index in [1.54, 1.807) is 4.90 Å². The second kappa shape index (κ2) is 6.51. The number of aromatic nitrogens is 2. The lowest BCUT2D eigenvalue weighted by atomic mass is 9.91. The first kappa shape index (κ1) is 16.3. The predicted octanol–water partition coefficient (Wildman–Crippen LogP) is 1.89. The molecule has 2 N–H and O–H groups in total. The van der Waals surface area contributed by atoms with Crippen molar-refractivity contribution >= 4 is 17.6 Å². The maximum atomic E-state index is 12.3. The summed E-state index contributed by atoms with van der Waals surface area (Å²) in [4.78, 5) is 29.6. The molecule has 7 nitrogen and oxygen atoms in total. The Balaban J connectivity index is 1.62. The van der Waals surface area contributed by atoms with E-state index in [1.807, 2.05) is 42.8 Å². The van der Waals surface area contributed by atoms with Gasteiger partial charge in [-0.05, 0) is 37.0 Å². The first-order chi connectivity index (χ1) is 11.4. The van der Waals surface area contributed by atoms with Crippen molar-refractivity contribution in [2.45, 2.75) is 26.8 Å². The third-order valence-corrected chi connectivity index (χ3v) is 4.38. The van der Waals surface area contributed by atoms with E-state index in [2.05, 4.69) is 10.3 Å². The molecule has 2 amide bonds. The third-order valence-electron chi connectivity index (χ3n) is 4.38. The van der Waals surface area contributed by atoms with Gasteiger partial charge in [0.15, 0.2) is 0 Å². The molecule has 1 aliphatic rings. The first-order valence-corrected chi connectivity index (χ1v) is 8.12. The molecule has 0 aliphatic carbocycles. The molecule has 2 aromatic heterocycles. The Morgan fingerprint density at radius 1 is 1.42 bits per heavy atom. The van der Waals surface area contributed by atoms with Crippen LogP contribution in [0, 0.1) is 18.8 Å². The third kappa shape index (κ3) is 3.50. The second-order valence-corrected chi connectivity index (χ2v) is 6.64. The molecule has 1 saturated heterocycles. The first-order valence-electron chi connectivity index (χ1n) is 8.12. The summed E-state index contributed by atoms with van der Waals surface area (Å²) in [6.07, 6.45) is 4.44. The summed E-state index contributed by atoms with van der Waals surface area (Å²) in [6, 6.07) is 3.74. The van der Waals surface area contributed by atoms with Crippen LogP contribution in [0.3, 0.4) is 0 Å². The molecule has 2 unspecified atom stereocenters. The van der Waals surface area contributed by atoms with Crippen LogP contribution in [0.1, 0.15) is 24.6 Å². The van der Waals surface area contributed by atoms with Gasteiger partial charge in [-0.15, -0.1) is 0 Å². The molecule has 2 aromatic rings. The summed E-state index contributed by atoms with van der Waals surface area (Å²) in [5.41, 5.74) is 2.75. The molecule has 0 spiro atoms. The molecule has 0 saturated carbocycles. The summed E-state index contributed by atoms with van der Waals surface area (Å²) >= 11 is 0. The van der Waals surface area contributed by atoms with Gasteiger partial charge >= 0.3 is 12.0 Å². The van der Waals surface area contributed by atoms with Gasteiger partial charge in [0.2, 0.25) is 0 Å². The number of imidazole rings is 1. The molecular weight excluding hydrogens is 308 g/mol. The average molecular weight is 330 g/mol. The van der Waals surface area contributed by atoms with Gasteiger partial charge in [-0.1, -0.05) is 6.92 Å². The minimum Gasteiger partial charge on any atom is -0.481 e. The minimum atomic E-state index is -0.838. The van der Waals surface area contributed by atoms with Gasteiger partial charge < -0.3 is 19.7 Å². The van der Waals surface area contributed by atoms with Crippen LogP contribution in [0.2, 0.25) is 0 Å². The molecule has 128 valence electrons. The van der Waals surface area contributed by atoms with Crippen molar-refractivity contribution in [1.82, 2.24) is 19.6 Å². The van der Waals surface area contributed by atoms with Crippen LogP contribution in [0.25, 0.3) is 5.65 Å². The zero-order valence-electron chi connectivity index (χ0n) is 13.9. The largest absolute Gasteiger partial charge is 0.481 e. The number of fused-ring (bicyclic) bond motifs is 1. The van der Waals surface area contributed by atoms with E-state index < -0.39 is 11.9 Å². The normalized spacial score (nSPS) is 21.0. The molecule has 7 heteroatoms. The van der Waals surface area contributed by atoms with E-state index in [9.17, 15) is 14.7 Å². The van der Waals surface area contributed by atoms with Gasteiger partial charge in [0.1, 0.15) is 5.65 Å². The Morgan fingerprint density at radius 3 is 2.96 bits per heavy atom. The number of hydrogen-bond donors (Lipinski definition) is 2. The number of carboxylic acid groups (broad SMARTS) is 1. The van der Waals surface area contributed by atoms with Crippen LogP contribution >= 0.6 is 0 Å². The number of pyridine rings is 1. The summed E-state index contributed by atoms with van der Waals surface area (Å²) in [6.45, 7) is 5.14. The Bertz CT molecular complexity index is 770. The van der Waals surface area contributed by atoms with Gasteiger partial charge in [-0.25, -0.2) is 9.78 Å². The van der Waals surface area contributed by atoms with Crippen molar-refractivity contribution in [3.63, 3.8) is 0 Å². The van der Waals surface area contributed by atoms with Crippen LogP contribution in [-0.4, -0.2) is 44.5 Å². The van der Waals surface area contributed by atoms with Crippen LogP contribution in [-0.2, 0) is 11.3 Å². The molecule has 0 bridgehead atoms. The quantitative estimate of drug-likeness (QED) is 0.900. The van der Waals surface area contributed by atoms with E-state index in [4.69, 9.17) is 0 Å². The number of amides is 2. The summed E-state index contributed by atoms with van der Waals surface area (Å²) < 4.78 is 1.91. The van der Waals surface area contributed by atoms with Crippen LogP contribution in [0.4, 0.5) is 4.79 Å². The number of hydrogen-bond acceptors (Lipinski definition) is 3. The number of aryl methyl sites for hydroxylation is 1. The van der Waals surface area contributed by atoms with Crippen LogP contribution < -0.4 is 5.32 Å². The standard InChI is InChI=1S/C17H22N4O3/c1-11-3-4-20-10-14(19-15(20)6-11)7-18-17(24)21-8-12(2)5-13(9-21)16(22)23/h3-4,6,10,12-13H,5,7-9H2,1-2H3,(H,18,24)(H,22,23). The fourth-order valence-corrected chi connectivity index (χ4v) is 3.20. The summed E-state index contributed by atoms with van der Waals surface area (Å²) in [5, 5.41) is 12.0.